The number of likely N-dealkylation sites (tertiary alicyclic amines) is 1. The Hall–Kier alpha value is -2.14. The molecule has 0 spiro atoms. The van der Waals surface area contributed by atoms with Gasteiger partial charge in [-0.3, -0.25) is 9.69 Å². The SMILES string of the molecule is O=C(c1ccc(C(F)(F)F)cc1)C1CCN(Cc2ccccc2)C1. The number of hydrogen-bond acceptors (Lipinski definition) is 2. The molecule has 2 nitrogen and oxygen atoms in total. The second-order valence-electron chi connectivity index (χ2n) is 6.15. The summed E-state index contributed by atoms with van der Waals surface area (Å²) in [5, 5.41) is 0. The van der Waals surface area contributed by atoms with Crippen LogP contribution >= 0.6 is 0 Å². The lowest BCUT2D eigenvalue weighted by molar-refractivity contribution is -0.137. The van der Waals surface area contributed by atoms with Crippen molar-refractivity contribution >= 4 is 5.78 Å². The zero-order valence-corrected chi connectivity index (χ0v) is 13.1. The number of alkyl halides is 3. The third-order valence-corrected chi connectivity index (χ3v) is 4.39. The van der Waals surface area contributed by atoms with Crippen molar-refractivity contribution < 1.29 is 18.0 Å². The molecule has 1 unspecified atom stereocenters. The summed E-state index contributed by atoms with van der Waals surface area (Å²) < 4.78 is 37.8. The molecule has 2 aromatic carbocycles. The molecular formula is C19H18F3NO. The summed E-state index contributed by atoms with van der Waals surface area (Å²) >= 11 is 0. The van der Waals surface area contributed by atoms with Crippen molar-refractivity contribution in [1.82, 2.24) is 4.90 Å². The number of nitrogens with zero attached hydrogens (tertiary/aromatic N) is 1. The maximum absolute atomic E-state index is 12.6. The van der Waals surface area contributed by atoms with Crippen molar-refractivity contribution in [2.45, 2.75) is 19.1 Å². The van der Waals surface area contributed by atoms with E-state index in [0.29, 0.717) is 12.1 Å². The first-order chi connectivity index (χ1) is 11.4. The normalized spacial score (nSPS) is 18.7. The van der Waals surface area contributed by atoms with Gasteiger partial charge in [0.2, 0.25) is 0 Å². The highest BCUT2D eigenvalue weighted by Gasteiger charge is 2.32. The molecule has 24 heavy (non-hydrogen) atoms. The summed E-state index contributed by atoms with van der Waals surface area (Å²) in [6.07, 6.45) is -3.63. The van der Waals surface area contributed by atoms with Crippen LogP contribution in [0.2, 0.25) is 0 Å². The average molecular weight is 333 g/mol. The molecule has 2 aromatic rings. The molecule has 0 aromatic heterocycles. The molecule has 1 aliphatic heterocycles. The Balaban J connectivity index is 1.62. The smallest absolute Gasteiger partial charge is 0.298 e. The summed E-state index contributed by atoms with van der Waals surface area (Å²) in [5.74, 6) is -0.218. The highest BCUT2D eigenvalue weighted by molar-refractivity contribution is 5.98. The fourth-order valence-corrected chi connectivity index (χ4v) is 3.09. The second kappa shape index (κ2) is 6.77. The van der Waals surface area contributed by atoms with Crippen LogP contribution < -0.4 is 0 Å². The standard InChI is InChI=1S/C19H18F3NO/c20-19(21,22)17-8-6-15(7-9-17)18(24)16-10-11-23(13-16)12-14-4-2-1-3-5-14/h1-9,16H,10-13H2. The fourth-order valence-electron chi connectivity index (χ4n) is 3.09. The van der Waals surface area contributed by atoms with Gasteiger partial charge >= 0.3 is 6.18 Å². The van der Waals surface area contributed by atoms with E-state index in [9.17, 15) is 18.0 Å². The summed E-state index contributed by atoms with van der Waals surface area (Å²) in [7, 11) is 0. The highest BCUT2D eigenvalue weighted by atomic mass is 19.4. The predicted molar refractivity (Wildman–Crippen MR) is 85.6 cm³/mol. The zero-order valence-electron chi connectivity index (χ0n) is 13.1. The molecule has 0 radical (unpaired) electrons. The van der Waals surface area contributed by atoms with E-state index in [1.54, 1.807) is 0 Å². The number of rotatable bonds is 4. The highest BCUT2D eigenvalue weighted by Crippen LogP contribution is 2.30. The minimum atomic E-state index is -4.37. The molecule has 1 aliphatic rings. The van der Waals surface area contributed by atoms with Crippen molar-refractivity contribution in [1.29, 1.82) is 0 Å². The van der Waals surface area contributed by atoms with Crippen molar-refractivity contribution in [3.05, 3.63) is 71.3 Å². The van der Waals surface area contributed by atoms with Crippen LogP contribution in [0.5, 0.6) is 0 Å². The van der Waals surface area contributed by atoms with E-state index in [1.165, 1.54) is 17.7 Å². The second-order valence-corrected chi connectivity index (χ2v) is 6.15. The Kier molecular flexibility index (Phi) is 4.71. The lowest BCUT2D eigenvalue weighted by Crippen LogP contribution is -2.23. The van der Waals surface area contributed by atoms with Gasteiger partial charge in [-0.05, 0) is 30.7 Å². The quantitative estimate of drug-likeness (QED) is 0.773. The van der Waals surface area contributed by atoms with Crippen LogP contribution in [0.15, 0.2) is 54.6 Å². The van der Waals surface area contributed by atoms with Gasteiger partial charge in [-0.15, -0.1) is 0 Å². The largest absolute Gasteiger partial charge is 0.416 e. The number of ketones is 1. The van der Waals surface area contributed by atoms with E-state index in [1.807, 2.05) is 30.3 Å². The van der Waals surface area contributed by atoms with Crippen LogP contribution in [-0.4, -0.2) is 23.8 Å². The van der Waals surface area contributed by atoms with Gasteiger partial charge in [-0.25, -0.2) is 0 Å². The predicted octanol–water partition coefficient (Wildman–Crippen LogP) is 4.41. The Labute approximate surface area is 138 Å². The molecule has 0 bridgehead atoms. The Morgan fingerprint density at radius 2 is 1.71 bits per heavy atom. The molecule has 0 aliphatic carbocycles. The monoisotopic (exact) mass is 333 g/mol. The maximum atomic E-state index is 12.6. The van der Waals surface area contributed by atoms with Crippen LogP contribution in [0.25, 0.3) is 0 Å². The number of halogens is 3. The molecule has 0 amide bonds. The van der Waals surface area contributed by atoms with E-state index in [-0.39, 0.29) is 11.7 Å². The van der Waals surface area contributed by atoms with Gasteiger partial charge in [-0.1, -0.05) is 42.5 Å². The molecule has 1 heterocycles. The Morgan fingerprint density at radius 3 is 2.33 bits per heavy atom. The van der Waals surface area contributed by atoms with Crippen LogP contribution in [0.1, 0.15) is 27.9 Å². The maximum Gasteiger partial charge on any atom is 0.416 e. The van der Waals surface area contributed by atoms with E-state index >= 15 is 0 Å². The van der Waals surface area contributed by atoms with Crippen molar-refractivity contribution in [2.75, 3.05) is 13.1 Å². The number of benzene rings is 2. The lowest BCUT2D eigenvalue weighted by atomic mass is 9.96. The molecule has 0 N–H and O–H groups in total. The summed E-state index contributed by atoms with van der Waals surface area (Å²) in [6.45, 7) is 2.26. The van der Waals surface area contributed by atoms with Crippen molar-refractivity contribution in [3.63, 3.8) is 0 Å². The van der Waals surface area contributed by atoms with Gasteiger partial charge in [0.25, 0.3) is 0 Å². The summed E-state index contributed by atoms with van der Waals surface area (Å²) in [4.78, 5) is 14.7. The van der Waals surface area contributed by atoms with Gasteiger partial charge in [-0.2, -0.15) is 13.2 Å². The van der Waals surface area contributed by atoms with Crippen molar-refractivity contribution in [2.24, 2.45) is 5.92 Å². The molecule has 1 fully saturated rings. The molecule has 5 heteroatoms. The van der Waals surface area contributed by atoms with Crippen LogP contribution in [0.4, 0.5) is 13.2 Å². The van der Waals surface area contributed by atoms with Crippen LogP contribution in [0.3, 0.4) is 0 Å². The topological polar surface area (TPSA) is 20.3 Å². The number of carbonyl (C=O) groups is 1. The molecular weight excluding hydrogens is 315 g/mol. The minimum Gasteiger partial charge on any atom is -0.298 e. The first kappa shape index (κ1) is 16.7. The number of carbonyl (C=O) groups excluding carboxylic acids is 1. The average Bonchev–Trinajstić information content (AvgIpc) is 3.03. The van der Waals surface area contributed by atoms with Crippen LogP contribution in [-0.2, 0) is 12.7 Å². The van der Waals surface area contributed by atoms with Gasteiger partial charge < -0.3 is 0 Å². The van der Waals surface area contributed by atoms with Crippen LogP contribution in [0, 0.1) is 5.92 Å². The van der Waals surface area contributed by atoms with E-state index in [4.69, 9.17) is 0 Å². The molecule has 0 saturated carbocycles. The molecule has 1 saturated heterocycles. The Morgan fingerprint density at radius 1 is 1.04 bits per heavy atom. The first-order valence-electron chi connectivity index (χ1n) is 7.91. The summed E-state index contributed by atoms with van der Waals surface area (Å²) in [5.41, 5.74) is 0.825. The van der Waals surface area contributed by atoms with E-state index in [0.717, 1.165) is 31.6 Å². The van der Waals surface area contributed by atoms with Crippen molar-refractivity contribution in [3.8, 4) is 0 Å². The minimum absolute atomic E-state index is 0.0701. The third kappa shape index (κ3) is 3.85. The van der Waals surface area contributed by atoms with Gasteiger partial charge in [0.05, 0.1) is 5.56 Å². The van der Waals surface area contributed by atoms with Gasteiger partial charge in [0.1, 0.15) is 0 Å². The van der Waals surface area contributed by atoms with E-state index < -0.39 is 11.7 Å². The Bertz CT molecular complexity index is 695. The number of hydrogen-bond donors (Lipinski definition) is 0. The first-order valence-corrected chi connectivity index (χ1v) is 7.91. The zero-order chi connectivity index (χ0) is 17.2. The fraction of sp³-hybridized carbons (Fsp3) is 0.316. The van der Waals surface area contributed by atoms with Gasteiger partial charge in [0.15, 0.2) is 5.78 Å². The summed E-state index contributed by atoms with van der Waals surface area (Å²) in [6, 6.07) is 14.5. The number of Topliss-reactive ketones (excluding diaryl/α,β-unsaturated/α-hetero) is 1. The third-order valence-electron chi connectivity index (χ3n) is 4.39. The molecule has 1 atom stereocenters. The van der Waals surface area contributed by atoms with E-state index in [2.05, 4.69) is 4.90 Å². The van der Waals surface area contributed by atoms with Gasteiger partial charge in [0, 0.05) is 24.6 Å². The molecule has 126 valence electrons. The molecule has 3 rings (SSSR count). The lowest BCUT2D eigenvalue weighted by Gasteiger charge is -2.16.